The molecule has 0 atom stereocenters. The van der Waals surface area contributed by atoms with Crippen LogP contribution < -0.4 is 4.74 Å². The van der Waals surface area contributed by atoms with Crippen molar-refractivity contribution in [3.63, 3.8) is 0 Å². The molecule has 0 aliphatic carbocycles. The average Bonchev–Trinajstić information content (AvgIpc) is 2.77. The average molecular weight is 282 g/mol. The Labute approximate surface area is 112 Å². The molecule has 0 bridgehead atoms. The fourth-order valence-electron chi connectivity index (χ4n) is 1.46. The van der Waals surface area contributed by atoms with Gasteiger partial charge in [-0.25, -0.2) is 9.18 Å². The highest BCUT2D eigenvalue weighted by Crippen LogP contribution is 2.27. The summed E-state index contributed by atoms with van der Waals surface area (Å²) in [5.41, 5.74) is -0.117. The zero-order valence-corrected chi connectivity index (χ0v) is 10.9. The highest BCUT2D eigenvalue weighted by molar-refractivity contribution is 7.07. The van der Waals surface area contributed by atoms with Gasteiger partial charge in [0.15, 0.2) is 0 Å². The highest BCUT2D eigenvalue weighted by atomic mass is 32.1. The highest BCUT2D eigenvalue weighted by Gasteiger charge is 2.15. The third kappa shape index (κ3) is 3.25. The molecular weight excluding hydrogens is 271 g/mol. The molecule has 1 heterocycles. The number of carboxylic acids is 1. The van der Waals surface area contributed by atoms with Gasteiger partial charge in [-0.15, -0.1) is 0 Å². The lowest BCUT2D eigenvalue weighted by atomic mass is 10.2. The molecule has 2 rings (SSSR count). The van der Waals surface area contributed by atoms with Crippen LogP contribution in [0.4, 0.5) is 4.39 Å². The molecule has 100 valence electrons. The van der Waals surface area contributed by atoms with Gasteiger partial charge in [0, 0.05) is 24.0 Å². The van der Waals surface area contributed by atoms with Gasteiger partial charge < -0.3 is 9.84 Å². The van der Waals surface area contributed by atoms with Crippen molar-refractivity contribution in [1.82, 2.24) is 9.36 Å². The van der Waals surface area contributed by atoms with Crippen LogP contribution in [0.2, 0.25) is 0 Å². The molecule has 19 heavy (non-hydrogen) atoms. The molecule has 1 aromatic heterocycles. The molecule has 0 unspecified atom stereocenters. The largest absolute Gasteiger partial charge is 0.478 e. The number of carboxylic acid groups (broad SMARTS) is 1. The normalized spacial score (nSPS) is 10.4. The number of aromatic nitrogens is 2. The first-order valence-corrected chi connectivity index (χ1v) is 6.40. The van der Waals surface area contributed by atoms with E-state index in [4.69, 9.17) is 9.84 Å². The number of carbonyl (C=O) groups is 1. The number of aromatic carboxylic acids is 1. The van der Waals surface area contributed by atoms with Gasteiger partial charge in [-0.3, -0.25) is 0 Å². The van der Waals surface area contributed by atoms with Crippen molar-refractivity contribution in [2.75, 3.05) is 0 Å². The van der Waals surface area contributed by atoms with Crippen LogP contribution in [0, 0.1) is 5.82 Å². The maximum absolute atomic E-state index is 13.1. The predicted octanol–water partition coefficient (Wildman–Crippen LogP) is 3.12. The maximum atomic E-state index is 13.1. The molecule has 0 saturated heterocycles. The summed E-state index contributed by atoms with van der Waals surface area (Å²) in [4.78, 5) is 15.1. The number of rotatable bonds is 5. The zero-order chi connectivity index (χ0) is 13.8. The first kappa shape index (κ1) is 13.4. The molecule has 0 amide bonds. The second-order valence-electron chi connectivity index (χ2n) is 3.77. The monoisotopic (exact) mass is 282 g/mol. The Kier molecular flexibility index (Phi) is 4.06. The fraction of sp³-hybridized carbons (Fsp3) is 0.250. The van der Waals surface area contributed by atoms with Crippen LogP contribution in [0.3, 0.4) is 0 Å². The molecule has 7 heteroatoms. The number of nitrogens with zero attached hydrogens (tertiary/aromatic N) is 2. The van der Waals surface area contributed by atoms with Gasteiger partial charge in [-0.1, -0.05) is 6.92 Å². The molecule has 0 fully saturated rings. The van der Waals surface area contributed by atoms with Crippen molar-refractivity contribution >= 4 is 17.5 Å². The number of aryl methyl sites for hydroxylation is 1. The van der Waals surface area contributed by atoms with Crippen molar-refractivity contribution in [2.45, 2.75) is 19.8 Å². The summed E-state index contributed by atoms with van der Waals surface area (Å²) in [6.45, 7) is 2.00. The molecule has 0 spiro atoms. The van der Waals surface area contributed by atoms with Crippen molar-refractivity contribution in [3.8, 4) is 10.9 Å². The van der Waals surface area contributed by atoms with Gasteiger partial charge in [0.25, 0.3) is 5.19 Å². The molecule has 0 radical (unpaired) electrons. The van der Waals surface area contributed by atoms with Gasteiger partial charge in [0.1, 0.15) is 23.0 Å². The van der Waals surface area contributed by atoms with Crippen LogP contribution >= 0.6 is 11.5 Å². The number of hydrogen-bond acceptors (Lipinski definition) is 5. The number of benzene rings is 1. The summed E-state index contributed by atoms with van der Waals surface area (Å²) in [6, 6.07) is 3.24. The molecule has 5 nitrogen and oxygen atoms in total. The summed E-state index contributed by atoms with van der Waals surface area (Å²) in [5.74, 6) is -1.20. The van der Waals surface area contributed by atoms with Gasteiger partial charge in [0.05, 0.1) is 0 Å². The van der Waals surface area contributed by atoms with E-state index in [0.29, 0.717) is 5.82 Å². The third-order valence-corrected chi connectivity index (χ3v) is 2.93. The molecular formula is C12H11FN2O3S. The molecule has 2 aromatic rings. The van der Waals surface area contributed by atoms with Gasteiger partial charge in [-0.2, -0.15) is 9.36 Å². The van der Waals surface area contributed by atoms with Crippen LogP contribution in [-0.2, 0) is 6.42 Å². The van der Waals surface area contributed by atoms with E-state index < -0.39 is 11.8 Å². The predicted molar refractivity (Wildman–Crippen MR) is 67.3 cm³/mol. The summed E-state index contributed by atoms with van der Waals surface area (Å²) in [5, 5.41) is 9.19. The Morgan fingerprint density at radius 1 is 1.53 bits per heavy atom. The van der Waals surface area contributed by atoms with E-state index >= 15 is 0 Å². The van der Waals surface area contributed by atoms with Crippen LogP contribution in [0.15, 0.2) is 18.2 Å². The Hall–Kier alpha value is -2.02. The molecule has 0 aliphatic rings. The van der Waals surface area contributed by atoms with E-state index in [1.54, 1.807) is 0 Å². The summed E-state index contributed by atoms with van der Waals surface area (Å²) >= 11 is 1.01. The Morgan fingerprint density at radius 2 is 2.32 bits per heavy atom. The van der Waals surface area contributed by atoms with Crippen LogP contribution in [0.5, 0.6) is 10.9 Å². The van der Waals surface area contributed by atoms with E-state index in [0.717, 1.165) is 42.6 Å². The lowest BCUT2D eigenvalue weighted by Gasteiger charge is -2.05. The minimum absolute atomic E-state index is 0.0771. The van der Waals surface area contributed by atoms with Crippen molar-refractivity contribution < 1.29 is 19.0 Å². The summed E-state index contributed by atoms with van der Waals surface area (Å²) < 4.78 is 22.5. The lowest BCUT2D eigenvalue weighted by Crippen LogP contribution is -2.00. The first-order chi connectivity index (χ1) is 9.10. The standard InChI is InChI=1S/C12H11FN2O3S/c1-2-3-10-14-12(19-15-10)18-9-6-7(13)4-5-8(9)11(16)17/h4-6H,2-3H2,1H3,(H,16,17). The van der Waals surface area contributed by atoms with E-state index in [1.807, 2.05) is 6.92 Å². The quantitative estimate of drug-likeness (QED) is 0.912. The minimum atomic E-state index is -1.19. The Balaban J connectivity index is 2.26. The second-order valence-corrected chi connectivity index (χ2v) is 4.49. The van der Waals surface area contributed by atoms with Crippen molar-refractivity contribution in [1.29, 1.82) is 0 Å². The van der Waals surface area contributed by atoms with E-state index in [1.165, 1.54) is 0 Å². The van der Waals surface area contributed by atoms with Crippen LogP contribution in [-0.4, -0.2) is 20.4 Å². The Morgan fingerprint density at radius 3 is 3.00 bits per heavy atom. The van der Waals surface area contributed by atoms with Gasteiger partial charge in [0.2, 0.25) is 0 Å². The number of halogens is 1. The summed E-state index contributed by atoms with van der Waals surface area (Å²) in [6.07, 6.45) is 1.62. The number of hydrogen-bond donors (Lipinski definition) is 1. The molecule has 1 aromatic carbocycles. The molecule has 0 saturated carbocycles. The SMILES string of the molecule is CCCc1nsc(Oc2cc(F)ccc2C(=O)O)n1. The van der Waals surface area contributed by atoms with Crippen LogP contribution in [0.25, 0.3) is 0 Å². The number of ether oxygens (including phenoxy) is 1. The van der Waals surface area contributed by atoms with E-state index in [9.17, 15) is 9.18 Å². The molecule has 1 N–H and O–H groups in total. The van der Waals surface area contributed by atoms with E-state index in [-0.39, 0.29) is 16.5 Å². The third-order valence-electron chi connectivity index (χ3n) is 2.29. The first-order valence-electron chi connectivity index (χ1n) is 5.63. The van der Waals surface area contributed by atoms with Gasteiger partial charge >= 0.3 is 5.97 Å². The van der Waals surface area contributed by atoms with Gasteiger partial charge in [-0.05, 0) is 18.6 Å². The Bertz CT molecular complexity index is 600. The fourth-order valence-corrected chi connectivity index (χ4v) is 2.04. The topological polar surface area (TPSA) is 72.3 Å². The second kappa shape index (κ2) is 5.75. The zero-order valence-electron chi connectivity index (χ0n) is 10.1. The van der Waals surface area contributed by atoms with E-state index in [2.05, 4.69) is 9.36 Å². The maximum Gasteiger partial charge on any atom is 0.339 e. The lowest BCUT2D eigenvalue weighted by molar-refractivity contribution is 0.0694. The van der Waals surface area contributed by atoms with Crippen molar-refractivity contribution in [2.24, 2.45) is 0 Å². The minimum Gasteiger partial charge on any atom is -0.478 e. The smallest absolute Gasteiger partial charge is 0.339 e. The van der Waals surface area contributed by atoms with Crippen molar-refractivity contribution in [3.05, 3.63) is 35.4 Å². The van der Waals surface area contributed by atoms with Crippen LogP contribution in [0.1, 0.15) is 29.5 Å². The molecule has 0 aliphatic heterocycles. The summed E-state index contributed by atoms with van der Waals surface area (Å²) in [7, 11) is 0.